The fourth-order valence-electron chi connectivity index (χ4n) is 1.36. The van der Waals surface area contributed by atoms with Crippen molar-refractivity contribution in [2.24, 2.45) is 0 Å². The zero-order valence-electron chi connectivity index (χ0n) is 11.1. The van der Waals surface area contributed by atoms with Gasteiger partial charge in [0.15, 0.2) is 5.78 Å². The molecule has 1 aromatic heterocycles. The number of rotatable bonds is 4. The minimum atomic E-state index is -0.611. The predicted molar refractivity (Wildman–Crippen MR) is 66.1 cm³/mol. The molecule has 0 radical (unpaired) electrons. The quantitative estimate of drug-likeness (QED) is 0.850. The number of amides is 1. The normalized spacial score (nSPS) is 12.9. The van der Waals surface area contributed by atoms with Crippen LogP contribution >= 0.6 is 0 Å². The Kier molecular flexibility index (Phi) is 4.47. The molecule has 0 aromatic carbocycles. The number of Topliss-reactive ketones (excluding diaryl/α,β-unsaturated/α-hetero) is 1. The summed E-state index contributed by atoms with van der Waals surface area (Å²) in [5.74, 6) is -0.129. The van der Waals surface area contributed by atoms with Gasteiger partial charge in [-0.3, -0.25) is 4.79 Å². The second-order valence-electron chi connectivity index (χ2n) is 5.09. The standard InChI is InChI=1S/C12H19N3O3/c1-8(16)10(5-9-6-13-7-14-9)15-11(17)18-12(2,3)4/h6-7,10H,5H2,1-4H3,(H,13,14)(H,15,17)/t10-/m0/s1. The summed E-state index contributed by atoms with van der Waals surface area (Å²) in [6.07, 6.45) is 2.92. The van der Waals surface area contributed by atoms with Crippen molar-refractivity contribution in [3.8, 4) is 0 Å². The predicted octanol–water partition coefficient (Wildman–Crippen LogP) is 1.43. The molecule has 0 aliphatic heterocycles. The van der Waals surface area contributed by atoms with Crippen LogP contribution in [0.25, 0.3) is 0 Å². The molecule has 0 fully saturated rings. The number of imidazole rings is 1. The van der Waals surface area contributed by atoms with Gasteiger partial charge in [-0.25, -0.2) is 9.78 Å². The monoisotopic (exact) mass is 253 g/mol. The van der Waals surface area contributed by atoms with Gasteiger partial charge in [-0.05, 0) is 27.7 Å². The van der Waals surface area contributed by atoms with Crippen LogP contribution in [-0.2, 0) is 16.0 Å². The molecule has 0 spiro atoms. The van der Waals surface area contributed by atoms with Gasteiger partial charge in [0.1, 0.15) is 5.60 Å². The minimum Gasteiger partial charge on any atom is -0.444 e. The highest BCUT2D eigenvalue weighted by Gasteiger charge is 2.22. The second kappa shape index (κ2) is 5.66. The van der Waals surface area contributed by atoms with Crippen molar-refractivity contribution in [2.45, 2.75) is 45.8 Å². The summed E-state index contributed by atoms with van der Waals surface area (Å²) in [5, 5.41) is 2.55. The molecule has 0 saturated carbocycles. The molecule has 1 aromatic rings. The molecule has 100 valence electrons. The Morgan fingerprint density at radius 3 is 2.61 bits per heavy atom. The fraction of sp³-hybridized carbons (Fsp3) is 0.583. The summed E-state index contributed by atoms with van der Waals surface area (Å²) >= 11 is 0. The first-order valence-electron chi connectivity index (χ1n) is 5.75. The van der Waals surface area contributed by atoms with Gasteiger partial charge >= 0.3 is 6.09 Å². The number of nitrogens with one attached hydrogen (secondary N) is 2. The third kappa shape index (κ3) is 4.99. The Balaban J connectivity index is 2.58. The van der Waals surface area contributed by atoms with Crippen LogP contribution in [0.4, 0.5) is 4.79 Å². The Morgan fingerprint density at radius 2 is 2.17 bits per heavy atom. The third-order valence-corrected chi connectivity index (χ3v) is 2.16. The number of carbonyl (C=O) groups is 2. The summed E-state index contributed by atoms with van der Waals surface area (Å²) in [6, 6.07) is -0.611. The van der Waals surface area contributed by atoms with Gasteiger partial charge in [-0.15, -0.1) is 0 Å². The second-order valence-corrected chi connectivity index (χ2v) is 5.09. The average molecular weight is 253 g/mol. The molecule has 0 unspecified atom stereocenters. The van der Waals surface area contributed by atoms with Crippen LogP contribution in [0.5, 0.6) is 0 Å². The maximum absolute atomic E-state index is 11.6. The number of ketones is 1. The molecule has 2 N–H and O–H groups in total. The van der Waals surface area contributed by atoms with Gasteiger partial charge < -0.3 is 15.0 Å². The number of ether oxygens (including phenoxy) is 1. The molecule has 1 amide bonds. The van der Waals surface area contributed by atoms with Crippen LogP contribution in [0.15, 0.2) is 12.5 Å². The van der Waals surface area contributed by atoms with Crippen molar-refractivity contribution in [2.75, 3.05) is 0 Å². The summed E-state index contributed by atoms with van der Waals surface area (Å²) < 4.78 is 5.11. The van der Waals surface area contributed by atoms with Crippen LogP contribution in [-0.4, -0.2) is 33.5 Å². The molecule has 1 heterocycles. The number of aromatic amines is 1. The van der Waals surface area contributed by atoms with Gasteiger partial charge in [-0.2, -0.15) is 0 Å². The van der Waals surface area contributed by atoms with Gasteiger partial charge in [-0.1, -0.05) is 0 Å². The Hall–Kier alpha value is -1.85. The lowest BCUT2D eigenvalue weighted by Crippen LogP contribution is -2.44. The van der Waals surface area contributed by atoms with Crippen LogP contribution in [0.1, 0.15) is 33.4 Å². The van der Waals surface area contributed by atoms with E-state index in [1.807, 2.05) is 0 Å². The maximum atomic E-state index is 11.6. The highest BCUT2D eigenvalue weighted by atomic mass is 16.6. The lowest BCUT2D eigenvalue weighted by Gasteiger charge is -2.22. The summed E-state index contributed by atoms with van der Waals surface area (Å²) in [7, 11) is 0. The van der Waals surface area contributed by atoms with E-state index >= 15 is 0 Å². The number of carbonyl (C=O) groups excluding carboxylic acids is 2. The molecule has 1 rings (SSSR count). The first kappa shape index (κ1) is 14.2. The lowest BCUT2D eigenvalue weighted by atomic mass is 10.1. The number of hydrogen-bond donors (Lipinski definition) is 2. The molecule has 0 aliphatic rings. The van der Waals surface area contributed by atoms with E-state index < -0.39 is 17.7 Å². The van der Waals surface area contributed by atoms with Crippen molar-refractivity contribution in [3.63, 3.8) is 0 Å². The molecular formula is C12H19N3O3. The van der Waals surface area contributed by atoms with Gasteiger partial charge in [0.2, 0.25) is 0 Å². The van der Waals surface area contributed by atoms with Gasteiger partial charge in [0, 0.05) is 18.3 Å². The van der Waals surface area contributed by atoms with E-state index in [1.165, 1.54) is 13.3 Å². The number of aromatic nitrogens is 2. The van der Waals surface area contributed by atoms with Gasteiger partial charge in [0.25, 0.3) is 0 Å². The van der Waals surface area contributed by atoms with E-state index in [1.54, 1.807) is 27.0 Å². The fourth-order valence-corrected chi connectivity index (χ4v) is 1.36. The first-order valence-corrected chi connectivity index (χ1v) is 5.75. The number of H-pyrrole nitrogens is 1. The minimum absolute atomic E-state index is 0.129. The number of nitrogens with zero attached hydrogens (tertiary/aromatic N) is 1. The van der Waals surface area contributed by atoms with Crippen molar-refractivity contribution in [3.05, 3.63) is 18.2 Å². The Labute approximate surface area is 106 Å². The molecule has 0 bridgehead atoms. The number of hydrogen-bond acceptors (Lipinski definition) is 4. The van der Waals surface area contributed by atoms with Crippen molar-refractivity contribution in [1.82, 2.24) is 15.3 Å². The summed E-state index contributed by atoms with van der Waals surface area (Å²) in [5.41, 5.74) is 0.200. The SMILES string of the molecule is CC(=O)[C@H](Cc1cnc[nH]1)NC(=O)OC(C)(C)C. The molecule has 1 atom stereocenters. The van der Waals surface area contributed by atoms with E-state index in [0.29, 0.717) is 6.42 Å². The van der Waals surface area contributed by atoms with E-state index in [9.17, 15) is 9.59 Å². The van der Waals surface area contributed by atoms with E-state index in [-0.39, 0.29) is 5.78 Å². The first-order chi connectivity index (χ1) is 8.28. The Bertz CT molecular complexity index is 407. The van der Waals surface area contributed by atoms with Crippen LogP contribution in [0.2, 0.25) is 0 Å². The number of alkyl carbamates (subject to hydrolysis) is 1. The molecule has 0 saturated heterocycles. The van der Waals surface area contributed by atoms with E-state index in [0.717, 1.165) is 5.69 Å². The molecule has 6 heteroatoms. The van der Waals surface area contributed by atoms with E-state index in [2.05, 4.69) is 15.3 Å². The van der Waals surface area contributed by atoms with Crippen molar-refractivity contribution < 1.29 is 14.3 Å². The highest BCUT2D eigenvalue weighted by Crippen LogP contribution is 2.07. The lowest BCUT2D eigenvalue weighted by molar-refractivity contribution is -0.119. The van der Waals surface area contributed by atoms with Crippen LogP contribution in [0, 0.1) is 0 Å². The largest absolute Gasteiger partial charge is 0.444 e. The molecular weight excluding hydrogens is 234 g/mol. The third-order valence-electron chi connectivity index (χ3n) is 2.16. The molecule has 18 heavy (non-hydrogen) atoms. The maximum Gasteiger partial charge on any atom is 0.408 e. The zero-order chi connectivity index (χ0) is 13.8. The highest BCUT2D eigenvalue weighted by molar-refractivity contribution is 5.85. The summed E-state index contributed by atoms with van der Waals surface area (Å²) in [4.78, 5) is 29.8. The smallest absolute Gasteiger partial charge is 0.408 e. The van der Waals surface area contributed by atoms with Crippen molar-refractivity contribution >= 4 is 11.9 Å². The van der Waals surface area contributed by atoms with Crippen LogP contribution < -0.4 is 5.32 Å². The Morgan fingerprint density at radius 1 is 1.50 bits per heavy atom. The molecule has 0 aliphatic carbocycles. The average Bonchev–Trinajstić information content (AvgIpc) is 2.66. The van der Waals surface area contributed by atoms with Gasteiger partial charge in [0.05, 0.1) is 12.4 Å². The zero-order valence-corrected chi connectivity index (χ0v) is 11.1. The van der Waals surface area contributed by atoms with E-state index in [4.69, 9.17) is 4.74 Å². The van der Waals surface area contributed by atoms with Crippen molar-refractivity contribution in [1.29, 1.82) is 0 Å². The van der Waals surface area contributed by atoms with Crippen LogP contribution in [0.3, 0.4) is 0 Å². The topological polar surface area (TPSA) is 84.1 Å². The molecule has 6 nitrogen and oxygen atoms in total. The summed E-state index contributed by atoms with van der Waals surface area (Å²) in [6.45, 7) is 6.73.